The van der Waals surface area contributed by atoms with Gasteiger partial charge < -0.3 is 11.1 Å². The summed E-state index contributed by atoms with van der Waals surface area (Å²) in [4.78, 5) is 21.5. The standard InChI is InChI=1S/C10H10F2N2O2/c11-7-3-1-2-6(10(7)12)4-9(16)14-5-8(13)15/h1-3H,4-5H2,(H2,13,15)(H,14,16). The van der Waals surface area contributed by atoms with Crippen molar-refractivity contribution in [1.82, 2.24) is 5.32 Å². The third-order valence-electron chi connectivity index (χ3n) is 1.84. The summed E-state index contributed by atoms with van der Waals surface area (Å²) in [7, 11) is 0. The quantitative estimate of drug-likeness (QED) is 0.767. The molecule has 6 heteroatoms. The van der Waals surface area contributed by atoms with Gasteiger partial charge in [0, 0.05) is 5.56 Å². The molecular weight excluding hydrogens is 218 g/mol. The summed E-state index contributed by atoms with van der Waals surface area (Å²) >= 11 is 0. The molecule has 0 saturated heterocycles. The van der Waals surface area contributed by atoms with Crippen molar-refractivity contribution < 1.29 is 18.4 Å². The van der Waals surface area contributed by atoms with Crippen molar-refractivity contribution >= 4 is 11.8 Å². The molecule has 0 unspecified atom stereocenters. The number of amides is 2. The smallest absolute Gasteiger partial charge is 0.236 e. The van der Waals surface area contributed by atoms with Crippen molar-refractivity contribution in [2.24, 2.45) is 5.73 Å². The van der Waals surface area contributed by atoms with E-state index < -0.39 is 23.4 Å². The minimum Gasteiger partial charge on any atom is -0.368 e. The van der Waals surface area contributed by atoms with Crippen LogP contribution >= 0.6 is 0 Å². The van der Waals surface area contributed by atoms with E-state index in [1.165, 1.54) is 12.1 Å². The van der Waals surface area contributed by atoms with Gasteiger partial charge in [-0.2, -0.15) is 0 Å². The van der Waals surface area contributed by atoms with Crippen LogP contribution in [0.2, 0.25) is 0 Å². The largest absolute Gasteiger partial charge is 0.368 e. The average molecular weight is 228 g/mol. The lowest BCUT2D eigenvalue weighted by Gasteiger charge is -2.04. The molecule has 0 aliphatic carbocycles. The summed E-state index contributed by atoms with van der Waals surface area (Å²) in [6.45, 7) is -0.324. The molecule has 2 amide bonds. The Morgan fingerprint density at radius 1 is 1.31 bits per heavy atom. The molecule has 0 spiro atoms. The van der Waals surface area contributed by atoms with Crippen LogP contribution < -0.4 is 11.1 Å². The number of carbonyl (C=O) groups excluding carboxylic acids is 2. The van der Waals surface area contributed by atoms with E-state index in [1.807, 2.05) is 0 Å². The van der Waals surface area contributed by atoms with Crippen LogP contribution in [0.4, 0.5) is 8.78 Å². The molecule has 0 aliphatic heterocycles. The van der Waals surface area contributed by atoms with E-state index in [0.717, 1.165) is 6.07 Å². The van der Waals surface area contributed by atoms with Crippen LogP contribution in [0.5, 0.6) is 0 Å². The first kappa shape index (κ1) is 12.1. The number of carbonyl (C=O) groups is 2. The maximum absolute atomic E-state index is 13.1. The molecule has 0 heterocycles. The molecule has 0 fully saturated rings. The third-order valence-corrected chi connectivity index (χ3v) is 1.84. The van der Waals surface area contributed by atoms with Crippen LogP contribution in [-0.4, -0.2) is 18.4 Å². The summed E-state index contributed by atoms with van der Waals surface area (Å²) in [5.74, 6) is -3.37. The minimum absolute atomic E-state index is 0.0676. The van der Waals surface area contributed by atoms with Gasteiger partial charge in [-0.1, -0.05) is 12.1 Å². The monoisotopic (exact) mass is 228 g/mol. The second-order valence-corrected chi connectivity index (χ2v) is 3.13. The Labute approximate surface area is 90.4 Å². The first-order valence-electron chi connectivity index (χ1n) is 4.48. The molecule has 1 rings (SSSR count). The van der Waals surface area contributed by atoms with Crippen LogP contribution in [-0.2, 0) is 16.0 Å². The van der Waals surface area contributed by atoms with E-state index in [2.05, 4.69) is 5.32 Å². The first-order chi connectivity index (χ1) is 7.50. The van der Waals surface area contributed by atoms with Gasteiger partial charge >= 0.3 is 0 Å². The van der Waals surface area contributed by atoms with Gasteiger partial charge in [-0.25, -0.2) is 8.78 Å². The van der Waals surface area contributed by atoms with Crippen LogP contribution in [0.3, 0.4) is 0 Å². The number of nitrogens with one attached hydrogen (secondary N) is 1. The minimum atomic E-state index is -1.06. The van der Waals surface area contributed by atoms with Crippen LogP contribution in [0.1, 0.15) is 5.56 Å². The molecule has 0 bridgehead atoms. The third kappa shape index (κ3) is 3.30. The summed E-state index contributed by atoms with van der Waals surface area (Å²) < 4.78 is 25.9. The molecule has 16 heavy (non-hydrogen) atoms. The highest BCUT2D eigenvalue weighted by molar-refractivity contribution is 5.84. The lowest BCUT2D eigenvalue weighted by Crippen LogP contribution is -2.34. The SMILES string of the molecule is NC(=O)CNC(=O)Cc1cccc(F)c1F. The topological polar surface area (TPSA) is 72.2 Å². The van der Waals surface area contributed by atoms with Crippen molar-refractivity contribution in [3.63, 3.8) is 0 Å². The fraction of sp³-hybridized carbons (Fsp3) is 0.200. The molecule has 0 aliphatic rings. The van der Waals surface area contributed by atoms with Crippen molar-refractivity contribution in [3.05, 3.63) is 35.4 Å². The highest BCUT2D eigenvalue weighted by Crippen LogP contribution is 2.11. The van der Waals surface area contributed by atoms with E-state index in [4.69, 9.17) is 5.73 Å². The van der Waals surface area contributed by atoms with Crippen LogP contribution in [0.15, 0.2) is 18.2 Å². The molecule has 4 nitrogen and oxygen atoms in total. The van der Waals surface area contributed by atoms with Crippen LogP contribution in [0.25, 0.3) is 0 Å². The fourth-order valence-electron chi connectivity index (χ4n) is 1.11. The van der Waals surface area contributed by atoms with Gasteiger partial charge in [-0.05, 0) is 6.07 Å². The number of benzene rings is 1. The number of hydrogen-bond donors (Lipinski definition) is 2. The Morgan fingerprint density at radius 3 is 2.62 bits per heavy atom. The molecule has 3 N–H and O–H groups in total. The predicted octanol–water partition coefficient (Wildman–Crippen LogP) is 0.109. The van der Waals surface area contributed by atoms with Crippen molar-refractivity contribution in [2.45, 2.75) is 6.42 Å². The summed E-state index contributed by atoms with van der Waals surface area (Å²) in [5.41, 5.74) is 4.73. The number of nitrogens with two attached hydrogens (primary N) is 1. The highest BCUT2D eigenvalue weighted by atomic mass is 19.2. The second kappa shape index (κ2) is 5.20. The Hall–Kier alpha value is -1.98. The Balaban J connectivity index is 2.63. The molecule has 86 valence electrons. The van der Waals surface area contributed by atoms with Crippen molar-refractivity contribution in [3.8, 4) is 0 Å². The molecule has 1 aromatic carbocycles. The van der Waals surface area contributed by atoms with Gasteiger partial charge in [0.1, 0.15) is 0 Å². The molecule has 0 saturated carbocycles. The zero-order valence-corrected chi connectivity index (χ0v) is 8.30. The van der Waals surface area contributed by atoms with Gasteiger partial charge in [0.05, 0.1) is 13.0 Å². The van der Waals surface area contributed by atoms with E-state index >= 15 is 0 Å². The van der Waals surface area contributed by atoms with Gasteiger partial charge in [-0.15, -0.1) is 0 Å². The normalized spacial score (nSPS) is 9.88. The summed E-state index contributed by atoms with van der Waals surface area (Å²) in [6, 6.07) is 3.55. The first-order valence-corrected chi connectivity index (χ1v) is 4.48. The van der Waals surface area contributed by atoms with Crippen molar-refractivity contribution in [2.75, 3.05) is 6.54 Å². The van der Waals surface area contributed by atoms with Crippen molar-refractivity contribution in [1.29, 1.82) is 0 Å². The summed E-state index contributed by atoms with van der Waals surface area (Å²) in [5, 5.41) is 2.17. The zero-order chi connectivity index (χ0) is 12.1. The highest BCUT2D eigenvalue weighted by Gasteiger charge is 2.11. The number of halogens is 2. The second-order valence-electron chi connectivity index (χ2n) is 3.13. The number of hydrogen-bond acceptors (Lipinski definition) is 2. The average Bonchev–Trinajstić information content (AvgIpc) is 2.22. The maximum atomic E-state index is 13.1. The van der Waals surface area contributed by atoms with E-state index in [1.54, 1.807) is 0 Å². The molecule has 0 aromatic heterocycles. The fourth-order valence-corrected chi connectivity index (χ4v) is 1.11. The number of rotatable bonds is 4. The Bertz CT molecular complexity index is 421. The number of primary amides is 1. The molecular formula is C10H10F2N2O2. The Morgan fingerprint density at radius 2 is 2.00 bits per heavy atom. The summed E-state index contributed by atoms with van der Waals surface area (Å²) in [6.07, 6.45) is -0.336. The lowest BCUT2D eigenvalue weighted by molar-refractivity contribution is -0.124. The van der Waals surface area contributed by atoms with Gasteiger partial charge in [0.2, 0.25) is 11.8 Å². The Kier molecular flexibility index (Phi) is 3.93. The van der Waals surface area contributed by atoms with E-state index in [9.17, 15) is 18.4 Å². The van der Waals surface area contributed by atoms with Gasteiger partial charge in [0.25, 0.3) is 0 Å². The lowest BCUT2D eigenvalue weighted by atomic mass is 10.1. The van der Waals surface area contributed by atoms with Crippen LogP contribution in [0, 0.1) is 11.6 Å². The molecule has 0 radical (unpaired) electrons. The van der Waals surface area contributed by atoms with E-state index in [0.29, 0.717) is 0 Å². The van der Waals surface area contributed by atoms with E-state index in [-0.39, 0.29) is 18.5 Å². The predicted molar refractivity (Wildman–Crippen MR) is 52.3 cm³/mol. The maximum Gasteiger partial charge on any atom is 0.236 e. The zero-order valence-electron chi connectivity index (χ0n) is 8.30. The molecule has 1 aromatic rings. The molecule has 0 atom stereocenters. The van der Waals surface area contributed by atoms with Gasteiger partial charge in [0.15, 0.2) is 11.6 Å². The van der Waals surface area contributed by atoms with Gasteiger partial charge in [-0.3, -0.25) is 9.59 Å².